The number of nitrogens with zero attached hydrogens (tertiary/aromatic N) is 1. The molecule has 5 heteroatoms. The van der Waals surface area contributed by atoms with Crippen LogP contribution in [0, 0.1) is 11.8 Å². The Morgan fingerprint density at radius 2 is 2.19 bits per heavy atom. The summed E-state index contributed by atoms with van der Waals surface area (Å²) in [6.07, 6.45) is 2.56. The quantitative estimate of drug-likeness (QED) is 0.640. The molecule has 0 aromatic rings. The van der Waals surface area contributed by atoms with Crippen molar-refractivity contribution in [2.45, 2.75) is 52.5 Å². The Labute approximate surface area is 129 Å². The maximum Gasteiger partial charge on any atom is 0.315 e. The van der Waals surface area contributed by atoms with Crippen molar-refractivity contribution >= 4 is 6.03 Å². The number of nitrogens with one attached hydrogen (secondary N) is 2. The number of aliphatic hydroxyl groups is 1. The summed E-state index contributed by atoms with van der Waals surface area (Å²) in [6.45, 7) is 12.7. The van der Waals surface area contributed by atoms with E-state index < -0.39 is 0 Å². The lowest BCUT2D eigenvalue weighted by Crippen LogP contribution is -2.51. The van der Waals surface area contributed by atoms with Crippen LogP contribution in [-0.2, 0) is 0 Å². The van der Waals surface area contributed by atoms with Gasteiger partial charge in [0.2, 0.25) is 0 Å². The van der Waals surface area contributed by atoms with E-state index in [0.29, 0.717) is 18.3 Å². The van der Waals surface area contributed by atoms with Crippen molar-refractivity contribution in [1.82, 2.24) is 15.5 Å². The van der Waals surface area contributed by atoms with Crippen LogP contribution >= 0.6 is 0 Å². The monoisotopic (exact) mass is 299 g/mol. The Balaban J connectivity index is 2.27. The molecule has 0 aromatic carbocycles. The van der Waals surface area contributed by atoms with Crippen LogP contribution in [0.5, 0.6) is 0 Å². The average molecular weight is 299 g/mol. The minimum absolute atomic E-state index is 0.0946. The molecule has 0 aromatic heterocycles. The molecule has 0 bridgehead atoms. The van der Waals surface area contributed by atoms with Crippen LogP contribution in [0.2, 0.25) is 0 Å². The first kappa shape index (κ1) is 18.2. The van der Waals surface area contributed by atoms with Crippen molar-refractivity contribution in [2.24, 2.45) is 11.8 Å². The van der Waals surface area contributed by atoms with Crippen LogP contribution in [0.4, 0.5) is 4.79 Å². The third-order valence-corrected chi connectivity index (χ3v) is 4.40. The standard InChI is InChI=1S/C16H33N3O2/c1-5-16(4,7-9-20)18-15(21)17-10-14-6-8-19(12-14)11-13(2)3/h13-14,20H,5-12H2,1-4H3,(H2,17,18,21). The Morgan fingerprint density at radius 1 is 1.48 bits per heavy atom. The molecule has 2 amide bonds. The molecule has 1 aliphatic heterocycles. The fraction of sp³-hybridized carbons (Fsp3) is 0.938. The van der Waals surface area contributed by atoms with Crippen molar-refractivity contribution in [1.29, 1.82) is 0 Å². The molecule has 1 aliphatic rings. The zero-order valence-corrected chi connectivity index (χ0v) is 14.1. The van der Waals surface area contributed by atoms with Gasteiger partial charge in [0, 0.05) is 31.8 Å². The Kier molecular flexibility index (Phi) is 7.46. The van der Waals surface area contributed by atoms with Gasteiger partial charge in [-0.2, -0.15) is 0 Å². The maximum atomic E-state index is 12.0. The molecule has 0 aliphatic carbocycles. The van der Waals surface area contributed by atoms with Crippen LogP contribution < -0.4 is 10.6 Å². The van der Waals surface area contributed by atoms with Gasteiger partial charge in [0.25, 0.3) is 0 Å². The molecule has 124 valence electrons. The summed E-state index contributed by atoms with van der Waals surface area (Å²) in [5.41, 5.74) is -0.321. The highest BCUT2D eigenvalue weighted by Crippen LogP contribution is 2.17. The minimum Gasteiger partial charge on any atom is -0.396 e. The molecular weight excluding hydrogens is 266 g/mol. The normalized spacial score (nSPS) is 22.3. The average Bonchev–Trinajstić information content (AvgIpc) is 2.83. The third kappa shape index (κ3) is 6.66. The van der Waals surface area contributed by atoms with E-state index in [9.17, 15) is 4.79 Å². The smallest absolute Gasteiger partial charge is 0.315 e. The Morgan fingerprint density at radius 3 is 2.76 bits per heavy atom. The number of aliphatic hydroxyl groups excluding tert-OH is 1. The lowest BCUT2D eigenvalue weighted by Gasteiger charge is -2.29. The van der Waals surface area contributed by atoms with Crippen LogP contribution in [0.25, 0.3) is 0 Å². The van der Waals surface area contributed by atoms with E-state index in [1.807, 2.05) is 13.8 Å². The number of carbonyl (C=O) groups is 1. The van der Waals surface area contributed by atoms with Crippen molar-refractivity contribution in [2.75, 3.05) is 32.8 Å². The summed E-state index contributed by atoms with van der Waals surface area (Å²) in [7, 11) is 0. The number of urea groups is 1. The van der Waals surface area contributed by atoms with Crippen molar-refractivity contribution in [3.05, 3.63) is 0 Å². The Hall–Kier alpha value is -0.810. The van der Waals surface area contributed by atoms with Crippen molar-refractivity contribution in [3.8, 4) is 0 Å². The van der Waals surface area contributed by atoms with E-state index >= 15 is 0 Å². The second-order valence-electron chi connectivity index (χ2n) is 7.03. The first-order chi connectivity index (χ1) is 9.88. The molecule has 1 rings (SSSR count). The highest BCUT2D eigenvalue weighted by atomic mass is 16.3. The second-order valence-corrected chi connectivity index (χ2v) is 7.03. The molecule has 1 saturated heterocycles. The van der Waals surface area contributed by atoms with E-state index in [-0.39, 0.29) is 18.2 Å². The fourth-order valence-corrected chi connectivity index (χ4v) is 2.89. The van der Waals surface area contributed by atoms with Gasteiger partial charge < -0.3 is 20.6 Å². The molecule has 1 heterocycles. The van der Waals surface area contributed by atoms with E-state index in [2.05, 4.69) is 29.4 Å². The summed E-state index contributed by atoms with van der Waals surface area (Å²) >= 11 is 0. The predicted octanol–water partition coefficient (Wildman–Crippen LogP) is 1.81. The highest BCUT2D eigenvalue weighted by molar-refractivity contribution is 5.74. The molecule has 2 atom stereocenters. The number of rotatable bonds is 8. The summed E-state index contributed by atoms with van der Waals surface area (Å²) in [5, 5.41) is 15.0. The number of likely N-dealkylation sites (tertiary alicyclic amines) is 1. The van der Waals surface area contributed by atoms with Gasteiger partial charge in [-0.05, 0) is 44.6 Å². The number of hydrogen-bond donors (Lipinski definition) is 3. The van der Waals surface area contributed by atoms with E-state index in [1.54, 1.807) is 0 Å². The predicted molar refractivity (Wildman–Crippen MR) is 86.3 cm³/mol. The molecule has 0 radical (unpaired) electrons. The molecule has 5 nitrogen and oxygen atoms in total. The van der Waals surface area contributed by atoms with E-state index in [1.165, 1.54) is 0 Å². The van der Waals surface area contributed by atoms with Crippen LogP contribution in [0.15, 0.2) is 0 Å². The summed E-state index contributed by atoms with van der Waals surface area (Å²) in [4.78, 5) is 14.5. The summed E-state index contributed by atoms with van der Waals surface area (Å²) in [5.74, 6) is 1.25. The third-order valence-electron chi connectivity index (χ3n) is 4.40. The first-order valence-electron chi connectivity index (χ1n) is 8.27. The second kappa shape index (κ2) is 8.59. The molecule has 0 saturated carbocycles. The van der Waals surface area contributed by atoms with Gasteiger partial charge in [-0.3, -0.25) is 0 Å². The van der Waals surface area contributed by atoms with Crippen molar-refractivity contribution < 1.29 is 9.90 Å². The van der Waals surface area contributed by atoms with E-state index in [4.69, 9.17) is 5.11 Å². The summed E-state index contributed by atoms with van der Waals surface area (Å²) in [6, 6.07) is -0.116. The van der Waals surface area contributed by atoms with E-state index in [0.717, 1.165) is 39.0 Å². The maximum absolute atomic E-state index is 12.0. The van der Waals surface area contributed by atoms with Gasteiger partial charge in [-0.25, -0.2) is 4.79 Å². The highest BCUT2D eigenvalue weighted by Gasteiger charge is 2.26. The molecule has 0 spiro atoms. The van der Waals surface area contributed by atoms with Gasteiger partial charge >= 0.3 is 6.03 Å². The van der Waals surface area contributed by atoms with Gasteiger partial charge in [-0.1, -0.05) is 20.8 Å². The van der Waals surface area contributed by atoms with Crippen LogP contribution in [0.1, 0.15) is 47.0 Å². The Bertz CT molecular complexity index is 323. The number of amides is 2. The SMILES string of the molecule is CCC(C)(CCO)NC(=O)NCC1CCN(CC(C)C)C1. The van der Waals surface area contributed by atoms with Gasteiger partial charge in [0.05, 0.1) is 0 Å². The topological polar surface area (TPSA) is 64.6 Å². The minimum atomic E-state index is -0.321. The van der Waals surface area contributed by atoms with Gasteiger partial charge in [0.15, 0.2) is 0 Å². The zero-order chi connectivity index (χ0) is 15.9. The first-order valence-corrected chi connectivity index (χ1v) is 8.27. The van der Waals surface area contributed by atoms with Crippen molar-refractivity contribution in [3.63, 3.8) is 0 Å². The fourth-order valence-electron chi connectivity index (χ4n) is 2.89. The largest absolute Gasteiger partial charge is 0.396 e. The lowest BCUT2D eigenvalue weighted by atomic mass is 9.95. The van der Waals surface area contributed by atoms with Gasteiger partial charge in [-0.15, -0.1) is 0 Å². The zero-order valence-electron chi connectivity index (χ0n) is 14.1. The molecule has 3 N–H and O–H groups in total. The molecule has 1 fully saturated rings. The molecule has 2 unspecified atom stereocenters. The molecule has 21 heavy (non-hydrogen) atoms. The molecular formula is C16H33N3O2. The van der Waals surface area contributed by atoms with Crippen LogP contribution in [0.3, 0.4) is 0 Å². The van der Waals surface area contributed by atoms with Gasteiger partial charge in [0.1, 0.15) is 0 Å². The number of hydrogen-bond acceptors (Lipinski definition) is 3. The summed E-state index contributed by atoms with van der Waals surface area (Å²) < 4.78 is 0. The van der Waals surface area contributed by atoms with Crippen LogP contribution in [-0.4, -0.2) is 54.4 Å². The number of carbonyl (C=O) groups excluding carboxylic acids is 1. The lowest BCUT2D eigenvalue weighted by molar-refractivity contribution is 0.199.